The molecule has 14 heavy (non-hydrogen) atoms. The van der Waals surface area contributed by atoms with Crippen molar-refractivity contribution in [1.29, 1.82) is 10.5 Å². The molecule has 1 heterocycles. The number of nitrogen functional groups attached to an aromatic ring is 1. The maximum atomic E-state index is 8.78. The minimum absolute atomic E-state index is 0.298. The van der Waals surface area contributed by atoms with Gasteiger partial charge in [0.1, 0.15) is 17.5 Å². The van der Waals surface area contributed by atoms with Crippen molar-refractivity contribution in [3.63, 3.8) is 0 Å². The van der Waals surface area contributed by atoms with Gasteiger partial charge < -0.3 is 11.1 Å². The molecule has 0 atom stereocenters. The van der Waals surface area contributed by atoms with Gasteiger partial charge in [-0.15, -0.1) is 0 Å². The fourth-order valence-corrected chi connectivity index (χ4v) is 1.09. The number of rotatable bonds is 3. The third-order valence-corrected chi connectivity index (χ3v) is 1.78. The van der Waals surface area contributed by atoms with Crippen molar-refractivity contribution in [2.24, 2.45) is 0 Å². The summed E-state index contributed by atoms with van der Waals surface area (Å²) in [6, 6.07) is 3.95. The Bertz CT molecular complexity index is 405. The van der Waals surface area contributed by atoms with Gasteiger partial charge in [-0.3, -0.25) is 0 Å². The van der Waals surface area contributed by atoms with Gasteiger partial charge in [-0.05, 0) is 0 Å². The van der Waals surface area contributed by atoms with Gasteiger partial charge in [0.15, 0.2) is 5.82 Å². The highest BCUT2D eigenvalue weighted by Gasteiger charge is 2.13. The summed E-state index contributed by atoms with van der Waals surface area (Å²) in [7, 11) is 1.66. The van der Waals surface area contributed by atoms with Gasteiger partial charge in [-0.25, -0.2) is 4.68 Å². The molecule has 0 fully saturated rings. The van der Waals surface area contributed by atoms with E-state index in [0.717, 1.165) is 0 Å². The summed E-state index contributed by atoms with van der Waals surface area (Å²) in [4.78, 5) is 0. The van der Waals surface area contributed by atoms with Crippen LogP contribution in [0.15, 0.2) is 0 Å². The topological polar surface area (TPSA) is 103 Å². The standard InChI is InChI=1S/C8H10N6/c1-12-8-6(5-10)7(11)14(13-8)4-2-3-9/h2,4,11H2,1H3,(H,12,13). The molecule has 72 valence electrons. The molecule has 3 N–H and O–H groups in total. The highest BCUT2D eigenvalue weighted by Crippen LogP contribution is 2.19. The molecule has 0 aliphatic heterocycles. The molecule has 0 aliphatic carbocycles. The molecule has 0 spiro atoms. The lowest BCUT2D eigenvalue weighted by Gasteiger charge is -1.97. The Hall–Kier alpha value is -2.21. The quantitative estimate of drug-likeness (QED) is 0.713. The molecule has 1 aromatic rings. The van der Waals surface area contributed by atoms with Crippen LogP contribution in [0.5, 0.6) is 0 Å². The zero-order valence-electron chi connectivity index (χ0n) is 7.78. The van der Waals surface area contributed by atoms with Crippen molar-refractivity contribution in [2.75, 3.05) is 18.1 Å². The van der Waals surface area contributed by atoms with E-state index in [9.17, 15) is 0 Å². The van der Waals surface area contributed by atoms with Crippen LogP contribution in [0, 0.1) is 22.7 Å². The predicted molar refractivity (Wildman–Crippen MR) is 51.1 cm³/mol. The first-order valence-corrected chi connectivity index (χ1v) is 4.05. The fourth-order valence-electron chi connectivity index (χ4n) is 1.09. The zero-order chi connectivity index (χ0) is 10.6. The van der Waals surface area contributed by atoms with Crippen molar-refractivity contribution in [1.82, 2.24) is 9.78 Å². The molecule has 0 aromatic carbocycles. The number of hydrogen-bond donors (Lipinski definition) is 2. The minimum Gasteiger partial charge on any atom is -0.383 e. The largest absolute Gasteiger partial charge is 0.383 e. The number of nitriles is 2. The lowest BCUT2D eigenvalue weighted by atomic mass is 10.3. The number of anilines is 2. The summed E-state index contributed by atoms with van der Waals surface area (Å²) in [6.07, 6.45) is 0.319. The van der Waals surface area contributed by atoms with E-state index in [2.05, 4.69) is 10.4 Å². The number of nitrogens with one attached hydrogen (secondary N) is 1. The molecule has 0 unspecified atom stereocenters. The first-order valence-electron chi connectivity index (χ1n) is 4.05. The fraction of sp³-hybridized carbons (Fsp3) is 0.375. The highest BCUT2D eigenvalue weighted by molar-refractivity contribution is 5.63. The molecule has 0 radical (unpaired) electrons. The number of hydrogen-bond acceptors (Lipinski definition) is 5. The molecular weight excluding hydrogens is 180 g/mol. The maximum Gasteiger partial charge on any atom is 0.168 e. The molecule has 0 saturated carbocycles. The van der Waals surface area contributed by atoms with Gasteiger partial charge in [0.05, 0.1) is 19.0 Å². The number of aryl methyl sites for hydroxylation is 1. The molecule has 6 heteroatoms. The molecule has 0 aliphatic rings. The average Bonchev–Trinajstić information content (AvgIpc) is 2.51. The van der Waals surface area contributed by atoms with Crippen molar-refractivity contribution in [3.05, 3.63) is 5.56 Å². The van der Waals surface area contributed by atoms with Crippen LogP contribution in [0.2, 0.25) is 0 Å². The van der Waals surface area contributed by atoms with Crippen LogP contribution in [0.1, 0.15) is 12.0 Å². The van der Waals surface area contributed by atoms with E-state index in [4.69, 9.17) is 16.3 Å². The highest BCUT2D eigenvalue weighted by atomic mass is 15.3. The van der Waals surface area contributed by atoms with Gasteiger partial charge in [-0.1, -0.05) is 0 Å². The molecule has 1 aromatic heterocycles. The molecule has 0 bridgehead atoms. The zero-order valence-corrected chi connectivity index (χ0v) is 7.78. The Kier molecular flexibility index (Phi) is 2.93. The van der Waals surface area contributed by atoms with Gasteiger partial charge >= 0.3 is 0 Å². The molecule has 0 saturated heterocycles. The number of nitrogens with zero attached hydrogens (tertiary/aromatic N) is 4. The Morgan fingerprint density at radius 2 is 2.29 bits per heavy atom. The summed E-state index contributed by atoms with van der Waals surface area (Å²) >= 11 is 0. The van der Waals surface area contributed by atoms with Crippen molar-refractivity contribution in [2.45, 2.75) is 13.0 Å². The third kappa shape index (κ3) is 1.59. The SMILES string of the molecule is CNc1nn(CCC#N)c(N)c1C#N. The van der Waals surface area contributed by atoms with Crippen LogP contribution < -0.4 is 11.1 Å². The Balaban J connectivity index is 3.04. The second-order valence-corrected chi connectivity index (χ2v) is 2.60. The monoisotopic (exact) mass is 190 g/mol. The van der Waals surface area contributed by atoms with Crippen LogP contribution in [0.3, 0.4) is 0 Å². The van der Waals surface area contributed by atoms with E-state index in [-0.39, 0.29) is 0 Å². The van der Waals surface area contributed by atoms with Crippen LogP contribution in [-0.4, -0.2) is 16.8 Å². The first kappa shape index (κ1) is 9.87. The lowest BCUT2D eigenvalue weighted by Crippen LogP contribution is -2.04. The summed E-state index contributed by atoms with van der Waals surface area (Å²) in [5.74, 6) is 0.745. The third-order valence-electron chi connectivity index (χ3n) is 1.78. The number of aromatic nitrogens is 2. The number of nitrogens with two attached hydrogens (primary N) is 1. The second kappa shape index (κ2) is 4.15. The molecule has 0 amide bonds. The van der Waals surface area contributed by atoms with Gasteiger partial charge in [-0.2, -0.15) is 15.6 Å². The van der Waals surface area contributed by atoms with E-state index in [0.29, 0.717) is 30.2 Å². The Morgan fingerprint density at radius 3 is 2.71 bits per heavy atom. The van der Waals surface area contributed by atoms with Crippen LogP contribution in [-0.2, 0) is 6.54 Å². The summed E-state index contributed by atoms with van der Waals surface area (Å²) < 4.78 is 1.45. The molecule has 6 nitrogen and oxygen atoms in total. The van der Waals surface area contributed by atoms with E-state index in [1.807, 2.05) is 12.1 Å². The summed E-state index contributed by atoms with van der Waals surface area (Å²) in [6.45, 7) is 0.401. The van der Waals surface area contributed by atoms with E-state index in [1.165, 1.54) is 4.68 Å². The Morgan fingerprint density at radius 1 is 1.57 bits per heavy atom. The lowest BCUT2D eigenvalue weighted by molar-refractivity contribution is 0.639. The van der Waals surface area contributed by atoms with E-state index < -0.39 is 0 Å². The second-order valence-electron chi connectivity index (χ2n) is 2.60. The van der Waals surface area contributed by atoms with E-state index in [1.54, 1.807) is 7.05 Å². The summed E-state index contributed by atoms with van der Waals surface area (Å²) in [5.41, 5.74) is 5.98. The minimum atomic E-state index is 0.298. The van der Waals surface area contributed by atoms with Crippen LogP contribution >= 0.6 is 0 Å². The van der Waals surface area contributed by atoms with E-state index >= 15 is 0 Å². The summed E-state index contributed by atoms with van der Waals surface area (Å²) in [5, 5.41) is 24.0. The first-order chi connectivity index (χ1) is 6.74. The molecular formula is C8H10N6. The molecule has 1 rings (SSSR count). The van der Waals surface area contributed by atoms with Crippen molar-refractivity contribution >= 4 is 11.6 Å². The van der Waals surface area contributed by atoms with Crippen molar-refractivity contribution in [3.8, 4) is 12.1 Å². The predicted octanol–water partition coefficient (Wildman–Crippen LogP) is 0.292. The van der Waals surface area contributed by atoms with Gasteiger partial charge in [0.25, 0.3) is 0 Å². The normalized spacial score (nSPS) is 9.07. The van der Waals surface area contributed by atoms with Gasteiger partial charge in [0, 0.05) is 7.05 Å². The van der Waals surface area contributed by atoms with Crippen LogP contribution in [0.4, 0.5) is 11.6 Å². The van der Waals surface area contributed by atoms with Gasteiger partial charge in [0.2, 0.25) is 0 Å². The average molecular weight is 190 g/mol. The Labute approximate surface area is 81.5 Å². The van der Waals surface area contributed by atoms with Crippen molar-refractivity contribution < 1.29 is 0 Å². The smallest absolute Gasteiger partial charge is 0.168 e. The van der Waals surface area contributed by atoms with Crippen LogP contribution in [0.25, 0.3) is 0 Å². The maximum absolute atomic E-state index is 8.78.